The molecule has 0 radical (unpaired) electrons. The molecule has 0 saturated carbocycles. The van der Waals surface area contributed by atoms with Crippen LogP contribution in [0.25, 0.3) is 0 Å². The van der Waals surface area contributed by atoms with Crippen molar-refractivity contribution in [3.05, 3.63) is 0 Å². The lowest BCUT2D eigenvalue weighted by Crippen LogP contribution is -2.35. The number of hydrogen-bond acceptors (Lipinski definition) is 1. The Bertz CT molecular complexity index is 114. The second kappa shape index (κ2) is 4.32. The van der Waals surface area contributed by atoms with E-state index in [1.54, 1.807) is 0 Å². The van der Waals surface area contributed by atoms with Crippen molar-refractivity contribution < 1.29 is 0 Å². The molecule has 1 aliphatic heterocycles. The number of hydrogen-bond donors (Lipinski definition) is 0. The van der Waals surface area contributed by atoms with Crippen molar-refractivity contribution in [1.82, 2.24) is 4.90 Å². The standard InChI is InChI=1S/C9H19N.ClH/c1-7(2)10-6-5-8(3)9(10)4;/h7-9H,5-6H2,1-4H3;1H. The van der Waals surface area contributed by atoms with Gasteiger partial charge in [-0.25, -0.2) is 0 Å². The molecule has 1 rings (SSSR count). The van der Waals surface area contributed by atoms with E-state index in [0.29, 0.717) is 0 Å². The average Bonchev–Trinajstić information content (AvgIpc) is 2.14. The van der Waals surface area contributed by atoms with Gasteiger partial charge in [-0.1, -0.05) is 6.92 Å². The molecule has 0 amide bonds. The van der Waals surface area contributed by atoms with Crippen LogP contribution in [0, 0.1) is 5.92 Å². The van der Waals surface area contributed by atoms with Crippen molar-refractivity contribution in [2.45, 2.75) is 46.2 Å². The monoisotopic (exact) mass is 177 g/mol. The van der Waals surface area contributed by atoms with Gasteiger partial charge < -0.3 is 0 Å². The first-order valence-corrected chi connectivity index (χ1v) is 4.38. The van der Waals surface area contributed by atoms with Crippen molar-refractivity contribution in [3.63, 3.8) is 0 Å². The molecule has 1 aliphatic rings. The Labute approximate surface area is 76.6 Å². The summed E-state index contributed by atoms with van der Waals surface area (Å²) >= 11 is 0. The predicted molar refractivity (Wildman–Crippen MR) is 52.3 cm³/mol. The van der Waals surface area contributed by atoms with Gasteiger partial charge >= 0.3 is 0 Å². The van der Waals surface area contributed by atoms with Crippen LogP contribution in [0.4, 0.5) is 0 Å². The van der Waals surface area contributed by atoms with Gasteiger partial charge in [0.1, 0.15) is 0 Å². The summed E-state index contributed by atoms with van der Waals surface area (Å²) in [6.07, 6.45) is 1.39. The fourth-order valence-corrected chi connectivity index (χ4v) is 1.85. The first-order chi connectivity index (χ1) is 4.63. The Hall–Kier alpha value is 0.250. The third-order valence-electron chi connectivity index (χ3n) is 2.85. The molecular formula is C9H20ClN. The van der Waals surface area contributed by atoms with Crippen LogP contribution in [0.5, 0.6) is 0 Å². The number of rotatable bonds is 1. The van der Waals surface area contributed by atoms with Crippen molar-refractivity contribution in [2.24, 2.45) is 5.92 Å². The zero-order valence-electron chi connectivity index (χ0n) is 8.00. The topological polar surface area (TPSA) is 3.24 Å². The highest BCUT2D eigenvalue weighted by Crippen LogP contribution is 2.24. The lowest BCUT2D eigenvalue weighted by Gasteiger charge is -2.26. The molecule has 2 unspecified atom stereocenters. The molecule has 0 bridgehead atoms. The van der Waals surface area contributed by atoms with Gasteiger partial charge in [0.15, 0.2) is 0 Å². The van der Waals surface area contributed by atoms with E-state index in [9.17, 15) is 0 Å². The highest BCUT2D eigenvalue weighted by molar-refractivity contribution is 5.85. The average molecular weight is 178 g/mol. The van der Waals surface area contributed by atoms with Crippen LogP contribution >= 0.6 is 12.4 Å². The summed E-state index contributed by atoms with van der Waals surface area (Å²) in [6, 6.07) is 1.54. The maximum absolute atomic E-state index is 2.59. The van der Waals surface area contributed by atoms with E-state index < -0.39 is 0 Å². The van der Waals surface area contributed by atoms with Gasteiger partial charge in [-0.15, -0.1) is 12.4 Å². The summed E-state index contributed by atoms with van der Waals surface area (Å²) < 4.78 is 0. The molecule has 1 fully saturated rings. The molecule has 0 aromatic rings. The maximum atomic E-state index is 2.59. The summed E-state index contributed by atoms with van der Waals surface area (Å²) in [5.74, 6) is 0.905. The van der Waals surface area contributed by atoms with E-state index in [2.05, 4.69) is 32.6 Å². The first kappa shape index (κ1) is 11.2. The van der Waals surface area contributed by atoms with Crippen molar-refractivity contribution in [3.8, 4) is 0 Å². The minimum absolute atomic E-state index is 0. The van der Waals surface area contributed by atoms with Crippen LogP contribution in [-0.2, 0) is 0 Å². The third-order valence-corrected chi connectivity index (χ3v) is 2.85. The number of likely N-dealkylation sites (tertiary alicyclic amines) is 1. The van der Waals surface area contributed by atoms with Crippen LogP contribution in [-0.4, -0.2) is 23.5 Å². The number of halogens is 1. The lowest BCUT2D eigenvalue weighted by atomic mass is 10.1. The minimum Gasteiger partial charge on any atom is -0.298 e. The van der Waals surface area contributed by atoms with E-state index >= 15 is 0 Å². The third kappa shape index (κ3) is 2.34. The van der Waals surface area contributed by atoms with E-state index in [1.165, 1.54) is 13.0 Å². The van der Waals surface area contributed by atoms with E-state index in [0.717, 1.165) is 18.0 Å². The van der Waals surface area contributed by atoms with Crippen molar-refractivity contribution >= 4 is 12.4 Å². The zero-order chi connectivity index (χ0) is 7.72. The highest BCUT2D eigenvalue weighted by atomic mass is 35.5. The number of nitrogens with zero attached hydrogens (tertiary/aromatic N) is 1. The van der Waals surface area contributed by atoms with Gasteiger partial charge in [0, 0.05) is 12.1 Å². The molecule has 0 spiro atoms. The molecule has 11 heavy (non-hydrogen) atoms. The van der Waals surface area contributed by atoms with Gasteiger partial charge in [0.05, 0.1) is 0 Å². The van der Waals surface area contributed by atoms with E-state index in [4.69, 9.17) is 0 Å². The summed E-state index contributed by atoms with van der Waals surface area (Å²) in [5, 5.41) is 0. The summed E-state index contributed by atoms with van der Waals surface area (Å²) in [5.41, 5.74) is 0. The molecule has 1 nitrogen and oxygen atoms in total. The molecule has 0 N–H and O–H groups in total. The van der Waals surface area contributed by atoms with Gasteiger partial charge in [0.25, 0.3) is 0 Å². The van der Waals surface area contributed by atoms with Gasteiger partial charge in [-0.2, -0.15) is 0 Å². The zero-order valence-corrected chi connectivity index (χ0v) is 8.82. The quantitative estimate of drug-likeness (QED) is 0.595. The molecule has 1 heterocycles. The smallest absolute Gasteiger partial charge is 0.00957 e. The van der Waals surface area contributed by atoms with Gasteiger partial charge in [-0.3, -0.25) is 4.90 Å². The molecular weight excluding hydrogens is 158 g/mol. The lowest BCUT2D eigenvalue weighted by molar-refractivity contribution is 0.199. The highest BCUT2D eigenvalue weighted by Gasteiger charge is 2.28. The second-order valence-corrected chi connectivity index (χ2v) is 3.84. The molecule has 1 saturated heterocycles. The predicted octanol–water partition coefficient (Wildman–Crippen LogP) is 2.55. The Morgan fingerprint density at radius 2 is 1.82 bits per heavy atom. The van der Waals surface area contributed by atoms with Crippen LogP contribution in [0.15, 0.2) is 0 Å². The SMILES string of the molecule is CC1CCN(C(C)C)C1C.Cl. The van der Waals surface area contributed by atoms with Crippen LogP contribution in [0.2, 0.25) is 0 Å². The fourth-order valence-electron chi connectivity index (χ4n) is 1.85. The Morgan fingerprint density at radius 3 is 2.00 bits per heavy atom. The molecule has 0 aromatic carbocycles. The van der Waals surface area contributed by atoms with Crippen LogP contribution < -0.4 is 0 Å². The summed E-state index contributed by atoms with van der Waals surface area (Å²) in [7, 11) is 0. The fraction of sp³-hybridized carbons (Fsp3) is 1.00. The maximum Gasteiger partial charge on any atom is 0.00957 e. The molecule has 68 valence electrons. The second-order valence-electron chi connectivity index (χ2n) is 3.84. The molecule has 2 heteroatoms. The van der Waals surface area contributed by atoms with Gasteiger partial charge in [0.2, 0.25) is 0 Å². The summed E-state index contributed by atoms with van der Waals surface area (Å²) in [4.78, 5) is 2.59. The van der Waals surface area contributed by atoms with Gasteiger partial charge in [-0.05, 0) is 39.7 Å². The summed E-state index contributed by atoms with van der Waals surface area (Å²) in [6.45, 7) is 10.6. The van der Waals surface area contributed by atoms with E-state index in [1.807, 2.05) is 0 Å². The first-order valence-electron chi connectivity index (χ1n) is 4.38. The van der Waals surface area contributed by atoms with Crippen molar-refractivity contribution in [2.75, 3.05) is 6.54 Å². The molecule has 2 atom stereocenters. The molecule has 0 aliphatic carbocycles. The van der Waals surface area contributed by atoms with Crippen molar-refractivity contribution in [1.29, 1.82) is 0 Å². The Balaban J connectivity index is 0.000001000. The van der Waals surface area contributed by atoms with Crippen LogP contribution in [0.1, 0.15) is 34.1 Å². The van der Waals surface area contributed by atoms with Crippen LogP contribution in [0.3, 0.4) is 0 Å². The normalized spacial score (nSPS) is 32.5. The Morgan fingerprint density at radius 1 is 1.27 bits per heavy atom. The molecule has 0 aromatic heterocycles. The Kier molecular flexibility index (Phi) is 4.42. The largest absolute Gasteiger partial charge is 0.298 e. The van der Waals surface area contributed by atoms with E-state index in [-0.39, 0.29) is 12.4 Å². The minimum atomic E-state index is 0.